The molecule has 0 aliphatic heterocycles. The molecule has 0 radical (unpaired) electrons. The van der Waals surface area contributed by atoms with Gasteiger partial charge >= 0.3 is 5.97 Å². The van der Waals surface area contributed by atoms with Crippen LogP contribution >= 0.6 is 34.8 Å². The lowest BCUT2D eigenvalue weighted by Crippen LogP contribution is -1.96. The van der Waals surface area contributed by atoms with Gasteiger partial charge in [0, 0.05) is 26.2 Å². The van der Waals surface area contributed by atoms with Crippen LogP contribution in [0.1, 0.15) is 10.4 Å². The Hall–Kier alpha value is -1.22. The Bertz CT molecular complexity index is 624. The summed E-state index contributed by atoms with van der Waals surface area (Å²) >= 11 is 18.0. The Kier molecular flexibility index (Phi) is 3.81. The van der Waals surface area contributed by atoms with E-state index in [-0.39, 0.29) is 5.56 Å². The molecule has 0 saturated heterocycles. The van der Waals surface area contributed by atoms with Crippen LogP contribution in [0.3, 0.4) is 0 Å². The number of benzene rings is 2. The maximum atomic E-state index is 10.9. The lowest BCUT2D eigenvalue weighted by Gasteiger charge is -2.08. The molecule has 0 aromatic heterocycles. The van der Waals surface area contributed by atoms with E-state index in [0.29, 0.717) is 26.2 Å². The van der Waals surface area contributed by atoms with Crippen molar-refractivity contribution in [2.45, 2.75) is 0 Å². The van der Waals surface area contributed by atoms with Crippen molar-refractivity contribution in [2.75, 3.05) is 0 Å². The molecule has 0 heterocycles. The van der Waals surface area contributed by atoms with Crippen LogP contribution in [-0.2, 0) is 0 Å². The lowest BCUT2D eigenvalue weighted by atomic mass is 10.0. The van der Waals surface area contributed by atoms with Crippen molar-refractivity contribution >= 4 is 40.8 Å². The smallest absolute Gasteiger partial charge is 0.335 e. The van der Waals surface area contributed by atoms with Crippen molar-refractivity contribution < 1.29 is 9.90 Å². The van der Waals surface area contributed by atoms with Crippen LogP contribution in [0.25, 0.3) is 11.1 Å². The molecule has 2 nitrogen and oxygen atoms in total. The zero-order valence-electron chi connectivity index (χ0n) is 8.95. The van der Waals surface area contributed by atoms with Gasteiger partial charge in [0.25, 0.3) is 0 Å². The van der Waals surface area contributed by atoms with E-state index in [1.54, 1.807) is 18.2 Å². The Labute approximate surface area is 119 Å². The number of hydrogen-bond donors (Lipinski definition) is 1. The predicted molar refractivity (Wildman–Crippen MR) is 73.9 cm³/mol. The third-order valence-electron chi connectivity index (χ3n) is 2.43. The van der Waals surface area contributed by atoms with E-state index in [1.165, 1.54) is 18.2 Å². The Morgan fingerprint density at radius 3 is 2.22 bits per heavy atom. The SMILES string of the molecule is O=C(O)c1ccc(Cl)c(-c2ccc(Cl)cc2Cl)c1. The Morgan fingerprint density at radius 2 is 1.61 bits per heavy atom. The molecule has 2 aromatic rings. The summed E-state index contributed by atoms with van der Waals surface area (Å²) in [5.41, 5.74) is 1.37. The van der Waals surface area contributed by atoms with E-state index >= 15 is 0 Å². The molecule has 0 aliphatic rings. The van der Waals surface area contributed by atoms with Gasteiger partial charge in [-0.25, -0.2) is 4.79 Å². The van der Waals surface area contributed by atoms with Gasteiger partial charge in [-0.2, -0.15) is 0 Å². The van der Waals surface area contributed by atoms with E-state index in [1.807, 2.05) is 0 Å². The summed E-state index contributed by atoms with van der Waals surface area (Å²) in [5.74, 6) is -1.02. The molecule has 1 N–H and O–H groups in total. The van der Waals surface area contributed by atoms with Crippen molar-refractivity contribution in [1.82, 2.24) is 0 Å². The molecule has 0 fully saturated rings. The Morgan fingerprint density at radius 1 is 0.889 bits per heavy atom. The molecule has 0 saturated carbocycles. The van der Waals surface area contributed by atoms with Gasteiger partial charge in [0.15, 0.2) is 0 Å². The molecular formula is C13H7Cl3O2. The maximum Gasteiger partial charge on any atom is 0.335 e. The van der Waals surface area contributed by atoms with E-state index in [2.05, 4.69) is 0 Å². The summed E-state index contributed by atoms with van der Waals surface area (Å²) in [5, 5.41) is 10.3. The normalized spacial score (nSPS) is 10.4. The molecule has 0 unspecified atom stereocenters. The van der Waals surface area contributed by atoms with Gasteiger partial charge in [-0.05, 0) is 30.3 Å². The molecule has 0 bridgehead atoms. The highest BCUT2D eigenvalue weighted by Gasteiger charge is 2.11. The van der Waals surface area contributed by atoms with Crippen molar-refractivity contribution in [2.24, 2.45) is 0 Å². The van der Waals surface area contributed by atoms with Crippen LogP contribution < -0.4 is 0 Å². The summed E-state index contributed by atoms with van der Waals surface area (Å²) in [4.78, 5) is 10.9. The molecule has 0 amide bonds. The van der Waals surface area contributed by atoms with Gasteiger partial charge < -0.3 is 5.11 Å². The lowest BCUT2D eigenvalue weighted by molar-refractivity contribution is 0.0697. The van der Waals surface area contributed by atoms with Crippen molar-refractivity contribution in [3.8, 4) is 11.1 Å². The topological polar surface area (TPSA) is 37.3 Å². The highest BCUT2D eigenvalue weighted by Crippen LogP contribution is 2.35. The van der Waals surface area contributed by atoms with Gasteiger partial charge in [-0.3, -0.25) is 0 Å². The second kappa shape index (κ2) is 5.19. The minimum absolute atomic E-state index is 0.153. The quantitative estimate of drug-likeness (QED) is 0.846. The molecule has 2 rings (SSSR count). The van der Waals surface area contributed by atoms with Crippen LogP contribution in [0.4, 0.5) is 0 Å². The fourth-order valence-corrected chi connectivity index (χ4v) is 2.30. The zero-order valence-corrected chi connectivity index (χ0v) is 11.2. The third-order valence-corrected chi connectivity index (χ3v) is 3.31. The zero-order chi connectivity index (χ0) is 13.3. The van der Waals surface area contributed by atoms with Crippen molar-refractivity contribution in [1.29, 1.82) is 0 Å². The highest BCUT2D eigenvalue weighted by atomic mass is 35.5. The number of aromatic carboxylic acids is 1. The number of halogens is 3. The molecule has 0 spiro atoms. The van der Waals surface area contributed by atoms with E-state index in [9.17, 15) is 4.79 Å². The van der Waals surface area contributed by atoms with Crippen LogP contribution in [0.2, 0.25) is 15.1 Å². The third kappa shape index (κ3) is 2.61. The monoisotopic (exact) mass is 300 g/mol. The van der Waals surface area contributed by atoms with Gasteiger partial charge in [0.2, 0.25) is 0 Å². The fraction of sp³-hybridized carbons (Fsp3) is 0. The van der Waals surface area contributed by atoms with Crippen LogP contribution in [-0.4, -0.2) is 11.1 Å². The van der Waals surface area contributed by atoms with E-state index < -0.39 is 5.97 Å². The first kappa shape index (κ1) is 13.2. The second-order valence-electron chi connectivity index (χ2n) is 3.62. The first-order chi connectivity index (χ1) is 8.49. The van der Waals surface area contributed by atoms with Gasteiger partial charge in [0.05, 0.1) is 5.56 Å². The average molecular weight is 302 g/mol. The summed E-state index contributed by atoms with van der Waals surface area (Å²) < 4.78 is 0. The number of carboxylic acid groups (broad SMARTS) is 1. The first-order valence-corrected chi connectivity index (χ1v) is 6.10. The fourth-order valence-electron chi connectivity index (χ4n) is 1.57. The molecule has 18 heavy (non-hydrogen) atoms. The van der Waals surface area contributed by atoms with Gasteiger partial charge in [0.1, 0.15) is 0 Å². The number of carbonyl (C=O) groups is 1. The minimum atomic E-state index is -1.02. The average Bonchev–Trinajstić information content (AvgIpc) is 2.30. The molecule has 0 aliphatic carbocycles. The summed E-state index contributed by atoms with van der Waals surface area (Å²) in [7, 11) is 0. The maximum absolute atomic E-state index is 10.9. The summed E-state index contributed by atoms with van der Waals surface area (Å²) in [6.07, 6.45) is 0. The largest absolute Gasteiger partial charge is 0.478 e. The van der Waals surface area contributed by atoms with Crippen LogP contribution in [0.5, 0.6) is 0 Å². The molecular weight excluding hydrogens is 294 g/mol. The highest BCUT2D eigenvalue weighted by molar-refractivity contribution is 6.38. The molecule has 92 valence electrons. The molecule has 5 heteroatoms. The number of hydrogen-bond acceptors (Lipinski definition) is 1. The number of rotatable bonds is 2. The first-order valence-electron chi connectivity index (χ1n) is 4.97. The van der Waals surface area contributed by atoms with E-state index in [4.69, 9.17) is 39.9 Å². The second-order valence-corrected chi connectivity index (χ2v) is 4.87. The van der Waals surface area contributed by atoms with E-state index in [0.717, 1.165) is 0 Å². The molecule has 2 aromatic carbocycles. The van der Waals surface area contributed by atoms with Gasteiger partial charge in [-0.15, -0.1) is 0 Å². The Balaban J connectivity index is 2.62. The standard InChI is InChI=1S/C13H7Cl3O2/c14-8-2-3-9(12(16)6-8)10-5-7(13(17)18)1-4-11(10)15/h1-6H,(H,17,18). The summed E-state index contributed by atoms with van der Waals surface area (Å²) in [6.45, 7) is 0. The minimum Gasteiger partial charge on any atom is -0.478 e. The summed E-state index contributed by atoms with van der Waals surface area (Å²) in [6, 6.07) is 9.43. The molecule has 0 atom stereocenters. The van der Waals surface area contributed by atoms with Gasteiger partial charge in [-0.1, -0.05) is 40.9 Å². The van der Waals surface area contributed by atoms with Crippen molar-refractivity contribution in [3.05, 3.63) is 57.0 Å². The van der Waals surface area contributed by atoms with Crippen molar-refractivity contribution in [3.63, 3.8) is 0 Å². The number of carboxylic acids is 1. The predicted octanol–water partition coefficient (Wildman–Crippen LogP) is 5.01. The van der Waals surface area contributed by atoms with Crippen LogP contribution in [0.15, 0.2) is 36.4 Å². The van der Waals surface area contributed by atoms with Crippen LogP contribution in [0, 0.1) is 0 Å².